The highest BCUT2D eigenvalue weighted by Gasteiger charge is 2.71. The first-order chi connectivity index (χ1) is 13.7. The van der Waals surface area contributed by atoms with Gasteiger partial charge in [-0.05, 0) is 123 Å². The maximum atomic E-state index is 6.94. The van der Waals surface area contributed by atoms with Crippen LogP contribution < -0.4 is 5.32 Å². The van der Waals surface area contributed by atoms with Crippen molar-refractivity contribution in [2.75, 3.05) is 47.3 Å². The lowest BCUT2D eigenvalue weighted by Gasteiger charge is -2.53. The summed E-state index contributed by atoms with van der Waals surface area (Å²) in [7, 11) is 6.58. The molecule has 4 aliphatic rings. The van der Waals surface area contributed by atoms with Gasteiger partial charge in [-0.3, -0.25) is 0 Å². The van der Waals surface area contributed by atoms with Crippen LogP contribution in [-0.2, 0) is 4.74 Å². The van der Waals surface area contributed by atoms with Crippen molar-refractivity contribution in [3.05, 3.63) is 11.6 Å². The van der Waals surface area contributed by atoms with Gasteiger partial charge in [-0.25, -0.2) is 0 Å². The zero-order chi connectivity index (χ0) is 20.9. The first-order valence-corrected chi connectivity index (χ1v) is 12.2. The van der Waals surface area contributed by atoms with Crippen molar-refractivity contribution in [2.45, 2.75) is 83.0 Å². The molecule has 6 atom stereocenters. The molecule has 1 unspecified atom stereocenters. The first-order valence-electron chi connectivity index (χ1n) is 12.2. The van der Waals surface area contributed by atoms with E-state index in [1.165, 1.54) is 64.6 Å². The van der Waals surface area contributed by atoms with Gasteiger partial charge < -0.3 is 19.9 Å². The topological polar surface area (TPSA) is 27.7 Å². The van der Waals surface area contributed by atoms with Crippen LogP contribution in [0.2, 0.25) is 0 Å². The summed E-state index contributed by atoms with van der Waals surface area (Å²) >= 11 is 0. The van der Waals surface area contributed by atoms with Crippen molar-refractivity contribution in [2.24, 2.45) is 17.3 Å². The van der Waals surface area contributed by atoms with Crippen LogP contribution in [0, 0.1) is 17.3 Å². The van der Waals surface area contributed by atoms with Crippen LogP contribution in [0.5, 0.6) is 0 Å². The maximum absolute atomic E-state index is 6.94. The molecule has 4 nitrogen and oxygen atoms in total. The molecular weight excluding hydrogens is 358 g/mol. The zero-order valence-electron chi connectivity index (χ0n) is 19.9. The lowest BCUT2D eigenvalue weighted by molar-refractivity contribution is -0.0777. The molecule has 4 heteroatoms. The number of nitrogens with one attached hydrogen (secondary N) is 1. The van der Waals surface area contributed by atoms with E-state index in [0.717, 1.165) is 12.5 Å². The Morgan fingerprint density at radius 1 is 1.07 bits per heavy atom. The summed E-state index contributed by atoms with van der Waals surface area (Å²) in [6.07, 6.45) is 11.5. The Morgan fingerprint density at radius 2 is 1.83 bits per heavy atom. The molecule has 4 rings (SSSR count). The van der Waals surface area contributed by atoms with Gasteiger partial charge in [-0.1, -0.05) is 13.0 Å². The van der Waals surface area contributed by atoms with E-state index in [0.29, 0.717) is 17.4 Å². The summed E-state index contributed by atoms with van der Waals surface area (Å²) in [5.74, 6) is 1.47. The second-order valence-corrected chi connectivity index (χ2v) is 11.3. The number of nitrogens with zero attached hydrogens (tertiary/aromatic N) is 2. The molecule has 1 aliphatic heterocycles. The highest BCUT2D eigenvalue weighted by molar-refractivity contribution is 5.42. The van der Waals surface area contributed by atoms with Gasteiger partial charge in [-0.2, -0.15) is 0 Å². The predicted molar refractivity (Wildman–Crippen MR) is 121 cm³/mol. The lowest BCUT2D eigenvalue weighted by Crippen LogP contribution is -2.59. The highest BCUT2D eigenvalue weighted by atomic mass is 16.5. The Bertz CT molecular complexity index is 634. The van der Waals surface area contributed by atoms with Crippen molar-refractivity contribution in [3.8, 4) is 0 Å². The molecule has 0 amide bonds. The van der Waals surface area contributed by atoms with Gasteiger partial charge in [-0.15, -0.1) is 0 Å². The molecular formula is C25H45N3O. The molecule has 0 radical (unpaired) electrons. The third-order valence-corrected chi connectivity index (χ3v) is 9.04. The Hall–Kier alpha value is -0.420. The van der Waals surface area contributed by atoms with Gasteiger partial charge >= 0.3 is 0 Å². The van der Waals surface area contributed by atoms with Gasteiger partial charge in [0.05, 0.1) is 5.60 Å². The van der Waals surface area contributed by atoms with E-state index in [1.54, 1.807) is 5.57 Å². The van der Waals surface area contributed by atoms with E-state index >= 15 is 0 Å². The van der Waals surface area contributed by atoms with E-state index < -0.39 is 0 Å². The molecule has 29 heavy (non-hydrogen) atoms. The van der Waals surface area contributed by atoms with Crippen LogP contribution in [0.25, 0.3) is 0 Å². The molecule has 2 saturated carbocycles. The number of rotatable bonds is 10. The molecule has 1 saturated heterocycles. The average molecular weight is 404 g/mol. The Labute approximate surface area is 179 Å². The average Bonchev–Trinajstić information content (AvgIpc) is 3.02. The van der Waals surface area contributed by atoms with Crippen LogP contribution in [0.1, 0.15) is 65.7 Å². The second-order valence-electron chi connectivity index (χ2n) is 11.3. The number of unbranched alkanes of at least 4 members (excludes halogenated alkanes) is 1. The van der Waals surface area contributed by atoms with E-state index in [1.807, 2.05) is 0 Å². The SMILES string of the molecule is CC1CC=C2[C@]13CC[C@@]1(C)O[C@@]2(C)[C@@H](NCCCCN(C)CCCN(C)C)[C@H]1C3. The van der Waals surface area contributed by atoms with Crippen molar-refractivity contribution in [1.82, 2.24) is 15.1 Å². The van der Waals surface area contributed by atoms with E-state index in [9.17, 15) is 0 Å². The van der Waals surface area contributed by atoms with Gasteiger partial charge in [0.2, 0.25) is 0 Å². The largest absolute Gasteiger partial charge is 0.363 e. The summed E-state index contributed by atoms with van der Waals surface area (Å²) in [6, 6.07) is 0.496. The second kappa shape index (κ2) is 7.93. The summed E-state index contributed by atoms with van der Waals surface area (Å²) in [6.45, 7) is 12.0. The number of allylic oxidation sites excluding steroid dienone is 1. The van der Waals surface area contributed by atoms with Crippen LogP contribution in [0.4, 0.5) is 0 Å². The standard InChI is InChI=1S/C25H45N3O/c1-19-10-11-21-24(3)22(20-18-25(19,21)13-12-23(20,2)29-24)26-14-7-8-16-28(6)17-9-15-27(4)5/h11,19-20,22,26H,7-10,12-18H2,1-6H3/t19?,20-,22+,23-,24-,25+/m1/s1. The Kier molecular flexibility index (Phi) is 5.96. The van der Waals surface area contributed by atoms with Crippen LogP contribution in [-0.4, -0.2) is 74.4 Å². The molecule has 3 aliphatic carbocycles. The van der Waals surface area contributed by atoms with E-state index in [4.69, 9.17) is 4.74 Å². The highest BCUT2D eigenvalue weighted by Crippen LogP contribution is 2.70. The van der Waals surface area contributed by atoms with Crippen LogP contribution in [0.15, 0.2) is 11.6 Å². The molecule has 3 fully saturated rings. The first kappa shape index (κ1) is 21.8. The Morgan fingerprint density at radius 3 is 2.59 bits per heavy atom. The quantitative estimate of drug-likeness (QED) is 0.442. The minimum atomic E-state index is -0.0815. The summed E-state index contributed by atoms with van der Waals surface area (Å²) in [5.41, 5.74) is 2.10. The van der Waals surface area contributed by atoms with Gasteiger partial charge in [0.25, 0.3) is 0 Å². The monoisotopic (exact) mass is 403 g/mol. The van der Waals surface area contributed by atoms with Crippen molar-refractivity contribution >= 4 is 0 Å². The summed E-state index contributed by atoms with van der Waals surface area (Å²) < 4.78 is 6.94. The summed E-state index contributed by atoms with van der Waals surface area (Å²) in [5, 5.41) is 4.00. The molecule has 0 aromatic carbocycles. The maximum Gasteiger partial charge on any atom is 0.103 e. The van der Waals surface area contributed by atoms with Crippen LogP contribution in [0.3, 0.4) is 0 Å². The van der Waals surface area contributed by atoms with E-state index in [-0.39, 0.29) is 11.2 Å². The molecule has 1 spiro atoms. The van der Waals surface area contributed by atoms with Gasteiger partial charge in [0.15, 0.2) is 0 Å². The third kappa shape index (κ3) is 3.62. The fraction of sp³-hybridized carbons (Fsp3) is 0.920. The fourth-order valence-corrected chi connectivity index (χ4v) is 7.37. The number of hydrogen-bond acceptors (Lipinski definition) is 4. The molecule has 1 heterocycles. The number of ether oxygens (including phenoxy) is 1. The van der Waals surface area contributed by atoms with Crippen LogP contribution >= 0.6 is 0 Å². The predicted octanol–water partition coefficient (Wildman–Crippen LogP) is 3.92. The van der Waals surface area contributed by atoms with E-state index in [2.05, 4.69) is 63.1 Å². The zero-order valence-corrected chi connectivity index (χ0v) is 19.9. The molecule has 166 valence electrons. The lowest BCUT2D eigenvalue weighted by atomic mass is 9.51. The minimum Gasteiger partial charge on any atom is -0.363 e. The smallest absolute Gasteiger partial charge is 0.103 e. The summed E-state index contributed by atoms with van der Waals surface area (Å²) in [4.78, 5) is 4.77. The molecule has 3 bridgehead atoms. The molecule has 0 aromatic heterocycles. The van der Waals surface area contributed by atoms with Crippen molar-refractivity contribution in [1.29, 1.82) is 0 Å². The Balaban J connectivity index is 1.29. The molecule has 0 aromatic rings. The van der Waals surface area contributed by atoms with Gasteiger partial charge in [0, 0.05) is 12.0 Å². The normalized spacial score (nSPS) is 42.8. The fourth-order valence-electron chi connectivity index (χ4n) is 7.37. The minimum absolute atomic E-state index is 0.0786. The third-order valence-electron chi connectivity index (χ3n) is 9.04. The van der Waals surface area contributed by atoms with Crippen molar-refractivity contribution < 1.29 is 4.74 Å². The number of fused-ring (bicyclic) bond motifs is 2. The number of hydrogen-bond donors (Lipinski definition) is 1. The van der Waals surface area contributed by atoms with Crippen molar-refractivity contribution in [3.63, 3.8) is 0 Å². The van der Waals surface area contributed by atoms with Gasteiger partial charge in [0.1, 0.15) is 5.60 Å². The molecule has 1 N–H and O–H groups in total.